The number of rotatable bonds is 58. The quantitative estimate of drug-likeness (QED) is 0.0261. The number of aliphatic hydroxyl groups is 5. The summed E-state index contributed by atoms with van der Waals surface area (Å²) in [7, 11) is 0. The molecule has 7 atom stereocenters. The molecule has 1 rings (SSSR count). The fraction of sp³-hybridized carbons (Fsp3) is 0.716. The Balaban J connectivity index is 2.21. The van der Waals surface area contributed by atoms with Gasteiger partial charge < -0.3 is 40.3 Å². The Morgan fingerprint density at radius 2 is 0.759 bits per heavy atom. The Morgan fingerprint density at radius 3 is 1.16 bits per heavy atom. The Labute approximate surface area is 509 Å². The Kier molecular flexibility index (Phi) is 57.7. The molecule has 0 bridgehead atoms. The van der Waals surface area contributed by atoms with Gasteiger partial charge in [0, 0.05) is 6.42 Å². The van der Waals surface area contributed by atoms with Gasteiger partial charge in [0.15, 0.2) is 6.29 Å². The smallest absolute Gasteiger partial charge is 0.220 e. The third-order valence-electron chi connectivity index (χ3n) is 15.5. The summed E-state index contributed by atoms with van der Waals surface area (Å²) in [6, 6.07) is -0.846. The van der Waals surface area contributed by atoms with Crippen LogP contribution in [0.15, 0.2) is 122 Å². The minimum atomic E-state index is -1.59. The number of aliphatic hydroxyl groups excluding tert-OH is 5. The second-order valence-corrected chi connectivity index (χ2v) is 23.2. The van der Waals surface area contributed by atoms with Gasteiger partial charge in [0.25, 0.3) is 0 Å². The van der Waals surface area contributed by atoms with Crippen LogP contribution in [0.25, 0.3) is 0 Å². The first kappa shape index (κ1) is 77.6. The van der Waals surface area contributed by atoms with Crippen LogP contribution in [0.2, 0.25) is 0 Å². The van der Waals surface area contributed by atoms with Crippen molar-refractivity contribution in [2.24, 2.45) is 0 Å². The topological polar surface area (TPSA) is 149 Å². The predicted octanol–water partition coefficient (Wildman–Crippen LogP) is 18.6. The van der Waals surface area contributed by atoms with Gasteiger partial charge >= 0.3 is 0 Å². The maximum absolute atomic E-state index is 13.1. The Bertz CT molecular complexity index is 1720. The van der Waals surface area contributed by atoms with E-state index in [1.165, 1.54) is 154 Å². The van der Waals surface area contributed by atoms with Crippen LogP contribution in [0.1, 0.15) is 284 Å². The highest BCUT2D eigenvalue weighted by Crippen LogP contribution is 2.23. The van der Waals surface area contributed by atoms with Crippen LogP contribution in [0.4, 0.5) is 0 Å². The largest absolute Gasteiger partial charge is 0.394 e. The highest BCUT2D eigenvalue weighted by atomic mass is 16.7. The molecule has 0 aromatic heterocycles. The molecule has 1 aliphatic heterocycles. The molecule has 1 heterocycles. The molecule has 7 unspecified atom stereocenters. The summed E-state index contributed by atoms with van der Waals surface area (Å²) in [5, 5.41) is 54.7. The van der Waals surface area contributed by atoms with Crippen molar-refractivity contribution in [2.75, 3.05) is 13.2 Å². The van der Waals surface area contributed by atoms with E-state index in [-0.39, 0.29) is 12.5 Å². The van der Waals surface area contributed by atoms with Crippen molar-refractivity contribution in [3.05, 3.63) is 122 Å². The van der Waals surface area contributed by atoms with Gasteiger partial charge in [0.1, 0.15) is 24.4 Å². The first-order valence-corrected chi connectivity index (χ1v) is 34.3. The summed E-state index contributed by atoms with van der Waals surface area (Å²) < 4.78 is 11.3. The molecule has 0 radical (unpaired) electrons. The van der Waals surface area contributed by atoms with E-state index in [2.05, 4.69) is 129 Å². The fourth-order valence-electron chi connectivity index (χ4n) is 10.2. The van der Waals surface area contributed by atoms with E-state index in [1.54, 1.807) is 6.08 Å². The SMILES string of the molecule is CC/C=C\C/C=C\C/C=C\C/C=C\C/C=C\C/C=C\C/C=C\CCCCCCCCCC(=O)NC(COC1OC(CO)C(O)C(O)C1O)C(O)/C=C/CC/C=C/CC/C=C/CCCCCCCCCCCCCCCCCCCCCCC. The molecule has 476 valence electrons. The van der Waals surface area contributed by atoms with Crippen molar-refractivity contribution >= 4 is 5.91 Å². The van der Waals surface area contributed by atoms with E-state index in [1.807, 2.05) is 6.08 Å². The number of carbonyl (C=O) groups is 1. The standard InChI is InChI=1S/C74H127NO8/c1-3-5-7-9-11-13-15-17-19-21-23-25-27-29-31-33-34-36-37-39-41-43-45-47-49-51-53-55-57-59-61-63-68(77)67(66-82-74-73(81)72(80)71(79)69(65-76)83-74)75-70(78)64-62-60-58-56-54-52-50-48-46-44-42-40-38-35-32-30-28-26-24-22-20-18-16-14-12-10-8-6-4-2/h6,8,12,14,18,20,24,26,30,32,38,40,44-47,53,55,61,63,67-69,71-74,76-77,79-81H,3-5,7,9-11,13,15-17,19,21-23,25,27-29,31,33-37,39,41-43,48-52,54,56-60,62,64-66H2,1-2H3,(H,75,78)/b8-6-,14-12-,20-18-,26-24-,32-30-,40-38-,46-44-,47-45+,55-53+,63-61+. The summed E-state index contributed by atoms with van der Waals surface area (Å²) >= 11 is 0. The van der Waals surface area contributed by atoms with Crippen molar-refractivity contribution < 1.29 is 39.8 Å². The Morgan fingerprint density at radius 1 is 0.422 bits per heavy atom. The summed E-state index contributed by atoms with van der Waals surface area (Å²) in [5.41, 5.74) is 0. The molecule has 83 heavy (non-hydrogen) atoms. The number of hydrogen-bond donors (Lipinski definition) is 6. The van der Waals surface area contributed by atoms with E-state index >= 15 is 0 Å². The molecule has 1 aliphatic rings. The lowest BCUT2D eigenvalue weighted by molar-refractivity contribution is -0.302. The lowest BCUT2D eigenvalue weighted by Gasteiger charge is -2.40. The van der Waals surface area contributed by atoms with Gasteiger partial charge in [-0.25, -0.2) is 0 Å². The van der Waals surface area contributed by atoms with Crippen LogP contribution >= 0.6 is 0 Å². The van der Waals surface area contributed by atoms with Crippen LogP contribution in [0.3, 0.4) is 0 Å². The molecule has 1 saturated heterocycles. The summed E-state index contributed by atoms with van der Waals surface area (Å²) in [6.07, 6.45) is 85.8. The van der Waals surface area contributed by atoms with Gasteiger partial charge in [0.05, 0.1) is 25.4 Å². The van der Waals surface area contributed by atoms with Crippen LogP contribution < -0.4 is 5.32 Å². The first-order chi connectivity index (χ1) is 40.8. The highest BCUT2D eigenvalue weighted by molar-refractivity contribution is 5.76. The van der Waals surface area contributed by atoms with Crippen LogP contribution in [-0.2, 0) is 14.3 Å². The van der Waals surface area contributed by atoms with E-state index < -0.39 is 49.5 Å². The molecule has 9 heteroatoms. The van der Waals surface area contributed by atoms with Crippen molar-refractivity contribution in [3.63, 3.8) is 0 Å². The summed E-state index contributed by atoms with van der Waals surface area (Å²) in [5.74, 6) is -0.205. The number of ether oxygens (including phenoxy) is 2. The normalized spacial score (nSPS) is 19.0. The molecule has 0 aromatic carbocycles. The zero-order chi connectivity index (χ0) is 60.0. The molecule has 0 saturated carbocycles. The van der Waals surface area contributed by atoms with Crippen LogP contribution in [0, 0.1) is 0 Å². The van der Waals surface area contributed by atoms with Gasteiger partial charge in [-0.3, -0.25) is 4.79 Å². The number of unbranched alkanes of at least 4 members (excludes halogenated alkanes) is 30. The summed E-state index contributed by atoms with van der Waals surface area (Å²) in [6.45, 7) is 3.65. The molecule has 1 fully saturated rings. The summed E-state index contributed by atoms with van der Waals surface area (Å²) in [4.78, 5) is 13.1. The van der Waals surface area contributed by atoms with E-state index in [9.17, 15) is 30.3 Å². The average molecular weight is 1160 g/mol. The first-order valence-electron chi connectivity index (χ1n) is 34.3. The molecular formula is C74H127NO8. The molecule has 6 N–H and O–H groups in total. The zero-order valence-electron chi connectivity index (χ0n) is 53.2. The molecular weight excluding hydrogens is 1030 g/mol. The highest BCUT2D eigenvalue weighted by Gasteiger charge is 2.44. The third kappa shape index (κ3) is 50.5. The maximum atomic E-state index is 13.1. The van der Waals surface area contributed by atoms with Crippen LogP contribution in [0.5, 0.6) is 0 Å². The van der Waals surface area contributed by atoms with Gasteiger partial charge in [0.2, 0.25) is 5.91 Å². The Hall–Kier alpha value is -3.41. The van der Waals surface area contributed by atoms with Gasteiger partial charge in [-0.2, -0.15) is 0 Å². The van der Waals surface area contributed by atoms with E-state index in [0.29, 0.717) is 6.42 Å². The average Bonchev–Trinajstić information content (AvgIpc) is 3.60. The molecule has 9 nitrogen and oxygen atoms in total. The maximum Gasteiger partial charge on any atom is 0.220 e. The fourth-order valence-corrected chi connectivity index (χ4v) is 10.2. The lowest BCUT2D eigenvalue weighted by Crippen LogP contribution is -2.60. The third-order valence-corrected chi connectivity index (χ3v) is 15.5. The van der Waals surface area contributed by atoms with E-state index in [0.717, 1.165) is 109 Å². The van der Waals surface area contributed by atoms with E-state index in [4.69, 9.17) is 9.47 Å². The van der Waals surface area contributed by atoms with Gasteiger partial charge in [-0.1, -0.05) is 296 Å². The number of carbonyl (C=O) groups excluding carboxylic acids is 1. The minimum Gasteiger partial charge on any atom is -0.394 e. The molecule has 0 spiro atoms. The second kappa shape index (κ2) is 61.7. The lowest BCUT2D eigenvalue weighted by atomic mass is 9.99. The van der Waals surface area contributed by atoms with Gasteiger partial charge in [-0.15, -0.1) is 0 Å². The van der Waals surface area contributed by atoms with Crippen molar-refractivity contribution in [3.8, 4) is 0 Å². The number of nitrogens with one attached hydrogen (secondary N) is 1. The van der Waals surface area contributed by atoms with Gasteiger partial charge in [-0.05, 0) is 103 Å². The van der Waals surface area contributed by atoms with Crippen LogP contribution in [-0.4, -0.2) is 87.5 Å². The van der Waals surface area contributed by atoms with Crippen molar-refractivity contribution in [1.82, 2.24) is 5.32 Å². The molecule has 1 amide bonds. The van der Waals surface area contributed by atoms with Crippen molar-refractivity contribution in [1.29, 1.82) is 0 Å². The molecule has 0 aliphatic carbocycles. The minimum absolute atomic E-state index is 0.205. The molecule has 0 aromatic rings. The predicted molar refractivity (Wildman–Crippen MR) is 354 cm³/mol. The number of allylic oxidation sites excluding steroid dienone is 19. The monoisotopic (exact) mass is 1160 g/mol. The number of hydrogen-bond acceptors (Lipinski definition) is 8. The number of amides is 1. The zero-order valence-corrected chi connectivity index (χ0v) is 53.2. The van der Waals surface area contributed by atoms with Crippen molar-refractivity contribution in [2.45, 2.75) is 326 Å². The second-order valence-electron chi connectivity index (χ2n) is 23.2.